The summed E-state index contributed by atoms with van der Waals surface area (Å²) in [6.07, 6.45) is 0. The van der Waals surface area contributed by atoms with Gasteiger partial charge >= 0.3 is 0 Å². The van der Waals surface area contributed by atoms with Gasteiger partial charge in [0.2, 0.25) is 5.91 Å². The summed E-state index contributed by atoms with van der Waals surface area (Å²) < 4.78 is 0. The summed E-state index contributed by atoms with van der Waals surface area (Å²) in [6.45, 7) is 0. The zero-order chi connectivity index (χ0) is 18.4. The molecule has 3 heterocycles. The number of nitrogens with zero attached hydrogens (tertiary/aromatic N) is 1. The van der Waals surface area contributed by atoms with Crippen LogP contribution in [0.5, 0.6) is 0 Å². The van der Waals surface area contributed by atoms with E-state index in [1.165, 1.54) is 7.05 Å². The van der Waals surface area contributed by atoms with Crippen molar-refractivity contribution in [3.05, 3.63) is 59.2 Å². The number of hydrogen-bond acceptors (Lipinski definition) is 3. The van der Waals surface area contributed by atoms with Crippen LogP contribution in [-0.4, -0.2) is 34.7 Å². The van der Waals surface area contributed by atoms with Crippen LogP contribution in [0.3, 0.4) is 0 Å². The maximum Gasteiger partial charge on any atom is 0.261 e. The smallest absolute Gasteiger partial charge is 0.261 e. The molecule has 130 valence electrons. The minimum atomic E-state index is -0.771. The third kappa shape index (κ3) is 1.54. The van der Waals surface area contributed by atoms with Gasteiger partial charge in [-0.05, 0) is 12.1 Å². The topological polar surface area (TPSA) is 82.3 Å². The normalized spacial score (nSPS) is 20.0. The number of anilines is 1. The van der Waals surface area contributed by atoms with Crippen LogP contribution in [0.4, 0.5) is 5.69 Å². The zero-order valence-electron chi connectivity index (χ0n) is 14.3. The fraction of sp³-hybridized carbons (Fsp3) is 0.0952. The fourth-order valence-corrected chi connectivity index (χ4v) is 4.59. The number of aromatic nitrogens is 1. The summed E-state index contributed by atoms with van der Waals surface area (Å²) >= 11 is 0. The monoisotopic (exact) mass is 355 g/mol. The highest BCUT2D eigenvalue weighted by Gasteiger charge is 2.50. The molecule has 27 heavy (non-hydrogen) atoms. The lowest BCUT2D eigenvalue weighted by molar-refractivity contribution is -0.135. The van der Waals surface area contributed by atoms with Gasteiger partial charge in [-0.25, -0.2) is 0 Å². The van der Waals surface area contributed by atoms with Gasteiger partial charge in [0.05, 0.1) is 17.2 Å². The van der Waals surface area contributed by atoms with E-state index in [1.807, 2.05) is 42.5 Å². The highest BCUT2D eigenvalue weighted by atomic mass is 16.2. The van der Waals surface area contributed by atoms with Crippen LogP contribution < -0.4 is 5.32 Å². The van der Waals surface area contributed by atoms with Crippen molar-refractivity contribution in [1.29, 1.82) is 0 Å². The summed E-state index contributed by atoms with van der Waals surface area (Å²) in [6, 6.07) is 13.3. The van der Waals surface area contributed by atoms with Crippen LogP contribution in [0.1, 0.15) is 17.0 Å². The van der Waals surface area contributed by atoms with E-state index >= 15 is 0 Å². The van der Waals surface area contributed by atoms with Crippen molar-refractivity contribution < 1.29 is 14.4 Å². The molecule has 0 saturated carbocycles. The molecule has 1 atom stereocenters. The van der Waals surface area contributed by atoms with E-state index in [9.17, 15) is 14.4 Å². The van der Waals surface area contributed by atoms with Crippen molar-refractivity contribution in [2.45, 2.75) is 5.92 Å². The van der Waals surface area contributed by atoms with Crippen LogP contribution in [0, 0.1) is 0 Å². The lowest BCUT2D eigenvalue weighted by Crippen LogP contribution is -2.29. The van der Waals surface area contributed by atoms with Crippen LogP contribution in [0.2, 0.25) is 0 Å². The van der Waals surface area contributed by atoms with Crippen molar-refractivity contribution in [1.82, 2.24) is 9.88 Å². The molecule has 2 aromatic carbocycles. The van der Waals surface area contributed by atoms with Crippen molar-refractivity contribution in [3.63, 3.8) is 0 Å². The van der Waals surface area contributed by atoms with Gasteiger partial charge in [-0.2, -0.15) is 0 Å². The van der Waals surface area contributed by atoms with Crippen molar-refractivity contribution in [2.75, 3.05) is 12.4 Å². The molecule has 3 amide bonds. The number of aromatic amines is 1. The standard InChI is InChI=1S/C21H13N3O3/c1-24-20(26)16-14-9-5-2-3-7-11(9)22-18(14)10-6-4-8-12-13(10)15(19(25)23-12)17(16)21(24)27/h2-8,15,22H,1H3,(H,23,25). The van der Waals surface area contributed by atoms with E-state index in [0.717, 1.165) is 32.6 Å². The zero-order valence-corrected chi connectivity index (χ0v) is 14.3. The van der Waals surface area contributed by atoms with Crippen molar-refractivity contribution in [2.24, 2.45) is 0 Å². The molecule has 0 radical (unpaired) electrons. The van der Waals surface area contributed by atoms with E-state index < -0.39 is 11.8 Å². The molecule has 3 aromatic rings. The lowest BCUT2D eigenvalue weighted by Gasteiger charge is -2.13. The van der Waals surface area contributed by atoms with E-state index in [1.54, 1.807) is 0 Å². The molecule has 6 heteroatoms. The van der Waals surface area contributed by atoms with Gasteiger partial charge in [-0.1, -0.05) is 30.3 Å². The Labute approximate surface area is 153 Å². The Morgan fingerprint density at radius 3 is 2.63 bits per heavy atom. The molecule has 2 N–H and O–H groups in total. The van der Waals surface area contributed by atoms with Crippen LogP contribution in [0.15, 0.2) is 48.0 Å². The summed E-state index contributed by atoms with van der Waals surface area (Å²) in [5, 5.41) is 3.74. The molecular weight excluding hydrogens is 342 g/mol. The van der Waals surface area contributed by atoms with Gasteiger partial charge in [-0.3, -0.25) is 19.3 Å². The number of amides is 3. The van der Waals surface area contributed by atoms with Gasteiger partial charge < -0.3 is 10.3 Å². The van der Waals surface area contributed by atoms with Crippen LogP contribution >= 0.6 is 0 Å². The summed E-state index contributed by atoms with van der Waals surface area (Å²) in [5.74, 6) is -1.81. The molecule has 0 fully saturated rings. The largest absolute Gasteiger partial charge is 0.354 e. The van der Waals surface area contributed by atoms with Gasteiger partial charge in [-0.15, -0.1) is 0 Å². The molecule has 1 aliphatic carbocycles. The first-order valence-electron chi connectivity index (χ1n) is 8.69. The van der Waals surface area contributed by atoms with Gasteiger partial charge in [0.25, 0.3) is 11.8 Å². The highest BCUT2D eigenvalue weighted by Crippen LogP contribution is 2.53. The second-order valence-electron chi connectivity index (χ2n) is 7.07. The first-order chi connectivity index (χ1) is 13.1. The quantitative estimate of drug-likeness (QED) is 0.608. The third-order valence-corrected chi connectivity index (χ3v) is 5.75. The maximum absolute atomic E-state index is 13.0. The Morgan fingerprint density at radius 2 is 1.78 bits per heavy atom. The first kappa shape index (κ1) is 14.5. The Bertz CT molecular complexity index is 1280. The number of imide groups is 1. The molecular formula is C21H13N3O3. The van der Waals surface area contributed by atoms with Crippen LogP contribution in [-0.2, 0) is 14.4 Å². The molecule has 0 spiro atoms. The molecule has 2 aliphatic heterocycles. The van der Waals surface area contributed by atoms with Gasteiger partial charge in [0.15, 0.2) is 0 Å². The summed E-state index contributed by atoms with van der Waals surface area (Å²) in [7, 11) is 1.47. The predicted molar refractivity (Wildman–Crippen MR) is 99.8 cm³/mol. The molecule has 1 unspecified atom stereocenters. The Balaban J connectivity index is 1.86. The molecule has 1 aromatic heterocycles. The highest BCUT2D eigenvalue weighted by molar-refractivity contribution is 6.40. The molecule has 0 saturated heterocycles. The Hall–Kier alpha value is -3.67. The van der Waals surface area contributed by atoms with Crippen molar-refractivity contribution in [3.8, 4) is 11.3 Å². The SMILES string of the molecule is CN1C(=O)C2=C(C1=O)C1C(=O)Nc3cccc(c31)-c1[nH]c3ccccc3c12. The average Bonchev–Trinajstić information content (AvgIpc) is 3.24. The first-order valence-corrected chi connectivity index (χ1v) is 8.69. The number of carbonyl (C=O) groups is 3. The van der Waals surface area contributed by atoms with Crippen LogP contribution in [0.25, 0.3) is 27.7 Å². The maximum atomic E-state index is 13.0. The van der Waals surface area contributed by atoms with Gasteiger partial charge in [0, 0.05) is 45.9 Å². The summed E-state index contributed by atoms with van der Waals surface area (Å²) in [5.41, 5.74) is 5.27. The Morgan fingerprint density at radius 1 is 0.963 bits per heavy atom. The molecule has 0 bridgehead atoms. The molecule has 3 aliphatic rings. The minimum Gasteiger partial charge on any atom is -0.354 e. The summed E-state index contributed by atoms with van der Waals surface area (Å²) in [4.78, 5) is 43.3. The van der Waals surface area contributed by atoms with Crippen molar-refractivity contribution >= 4 is 39.9 Å². The second kappa shape index (κ2) is 4.54. The number of H-pyrrole nitrogens is 1. The minimum absolute atomic E-state index is 0.268. The van der Waals surface area contributed by atoms with E-state index in [4.69, 9.17) is 0 Å². The number of hydrogen-bond donors (Lipinski definition) is 2. The predicted octanol–water partition coefficient (Wildman–Crippen LogP) is 2.64. The third-order valence-electron chi connectivity index (χ3n) is 5.75. The van der Waals surface area contributed by atoms with E-state index in [2.05, 4.69) is 10.3 Å². The van der Waals surface area contributed by atoms with E-state index in [0.29, 0.717) is 16.8 Å². The number of para-hydroxylation sites is 1. The lowest BCUT2D eigenvalue weighted by atomic mass is 9.88. The fourth-order valence-electron chi connectivity index (χ4n) is 4.59. The molecule has 6 rings (SSSR count). The number of fused-ring (bicyclic) bond motifs is 6. The molecule has 6 nitrogen and oxygen atoms in total. The second-order valence-corrected chi connectivity index (χ2v) is 7.07. The number of rotatable bonds is 0. The van der Waals surface area contributed by atoms with Gasteiger partial charge in [0.1, 0.15) is 0 Å². The number of benzene rings is 2. The Kier molecular flexibility index (Phi) is 2.43. The number of nitrogens with one attached hydrogen (secondary N) is 2. The average molecular weight is 355 g/mol. The number of likely N-dealkylation sites (N-methyl/N-ethyl adjacent to an activating group) is 1. The van der Waals surface area contributed by atoms with E-state index in [-0.39, 0.29) is 17.4 Å². The number of carbonyl (C=O) groups excluding carboxylic acids is 3.